The molecular formula is C23H17NO5. The average molecular weight is 387 g/mol. The maximum absolute atomic E-state index is 12.3. The van der Waals surface area contributed by atoms with Crippen LogP contribution >= 0.6 is 0 Å². The average Bonchev–Trinajstić information content (AvgIpc) is 3.20. The number of fused-ring (bicyclic) bond motifs is 1. The van der Waals surface area contributed by atoms with E-state index in [0.717, 1.165) is 16.7 Å². The molecule has 0 atom stereocenters. The Morgan fingerprint density at radius 1 is 0.897 bits per heavy atom. The molecule has 6 heteroatoms. The summed E-state index contributed by atoms with van der Waals surface area (Å²) in [5, 5.41) is 12.1. The van der Waals surface area contributed by atoms with Gasteiger partial charge in [-0.25, -0.2) is 4.79 Å². The molecule has 1 amide bonds. The van der Waals surface area contributed by atoms with Gasteiger partial charge in [-0.05, 0) is 47.0 Å². The number of rotatable bonds is 5. The topological polar surface area (TPSA) is 84.9 Å². The van der Waals surface area contributed by atoms with Gasteiger partial charge < -0.3 is 19.9 Å². The van der Waals surface area contributed by atoms with E-state index in [2.05, 4.69) is 5.32 Å². The summed E-state index contributed by atoms with van der Waals surface area (Å²) in [7, 11) is 0. The Kier molecular flexibility index (Phi) is 4.99. The first-order valence-corrected chi connectivity index (χ1v) is 8.91. The number of hydrogen-bond donors (Lipinski definition) is 2. The van der Waals surface area contributed by atoms with Gasteiger partial charge in [-0.15, -0.1) is 0 Å². The summed E-state index contributed by atoms with van der Waals surface area (Å²) in [4.78, 5) is 23.9. The number of anilines is 1. The summed E-state index contributed by atoms with van der Waals surface area (Å²) in [6.45, 7) is 0.172. The highest BCUT2D eigenvalue weighted by Gasteiger charge is 2.16. The Labute approximate surface area is 167 Å². The number of carboxylic acid groups (broad SMARTS) is 1. The monoisotopic (exact) mass is 387 g/mol. The minimum absolute atomic E-state index is 0.0101. The maximum atomic E-state index is 12.3. The lowest BCUT2D eigenvalue weighted by atomic mass is 10.0. The van der Waals surface area contributed by atoms with Gasteiger partial charge in [0.2, 0.25) is 12.7 Å². The molecule has 29 heavy (non-hydrogen) atoms. The van der Waals surface area contributed by atoms with E-state index in [1.807, 2.05) is 42.5 Å². The normalized spacial score (nSPS) is 12.1. The first kappa shape index (κ1) is 18.3. The van der Waals surface area contributed by atoms with Crippen molar-refractivity contribution in [2.24, 2.45) is 0 Å². The Hall–Kier alpha value is -4.06. The standard InChI is InChI=1S/C23H17NO5/c25-22(11-6-15-4-2-1-3-5-15)24-19-12-16(7-9-18(19)23(26)27)17-8-10-20-21(13-17)29-14-28-20/h1-13H,14H2,(H,24,25)(H,26,27). The van der Waals surface area contributed by atoms with Crippen molar-refractivity contribution in [1.29, 1.82) is 0 Å². The Morgan fingerprint density at radius 3 is 2.41 bits per heavy atom. The smallest absolute Gasteiger partial charge is 0.337 e. The van der Waals surface area contributed by atoms with E-state index >= 15 is 0 Å². The molecule has 0 aromatic heterocycles. The number of carboxylic acids is 1. The number of aromatic carboxylic acids is 1. The van der Waals surface area contributed by atoms with Gasteiger partial charge in [0.05, 0.1) is 11.3 Å². The third-order valence-electron chi connectivity index (χ3n) is 4.44. The molecule has 0 bridgehead atoms. The van der Waals surface area contributed by atoms with Gasteiger partial charge in [0.15, 0.2) is 11.5 Å². The molecule has 0 unspecified atom stereocenters. The Balaban J connectivity index is 1.61. The Morgan fingerprint density at radius 2 is 1.62 bits per heavy atom. The van der Waals surface area contributed by atoms with Crippen molar-refractivity contribution >= 4 is 23.6 Å². The summed E-state index contributed by atoms with van der Waals surface area (Å²) >= 11 is 0. The van der Waals surface area contributed by atoms with Crippen LogP contribution in [0.15, 0.2) is 72.8 Å². The van der Waals surface area contributed by atoms with Crippen molar-refractivity contribution in [3.63, 3.8) is 0 Å². The molecule has 0 radical (unpaired) electrons. The summed E-state index contributed by atoms with van der Waals surface area (Å²) in [6.07, 6.45) is 3.03. The van der Waals surface area contributed by atoms with Gasteiger partial charge in [-0.1, -0.05) is 42.5 Å². The number of hydrogen-bond acceptors (Lipinski definition) is 4. The lowest BCUT2D eigenvalue weighted by molar-refractivity contribution is -0.111. The van der Waals surface area contributed by atoms with Crippen molar-refractivity contribution in [3.8, 4) is 22.6 Å². The van der Waals surface area contributed by atoms with Crippen LogP contribution in [0, 0.1) is 0 Å². The first-order chi connectivity index (χ1) is 14.1. The number of nitrogens with one attached hydrogen (secondary N) is 1. The van der Waals surface area contributed by atoms with Crippen molar-refractivity contribution in [2.45, 2.75) is 0 Å². The molecule has 144 valence electrons. The van der Waals surface area contributed by atoms with Crippen LogP contribution < -0.4 is 14.8 Å². The number of carbonyl (C=O) groups excluding carboxylic acids is 1. The molecule has 0 saturated carbocycles. The molecule has 0 spiro atoms. The Bertz CT molecular complexity index is 1110. The van der Waals surface area contributed by atoms with E-state index in [0.29, 0.717) is 11.5 Å². The van der Waals surface area contributed by atoms with Crippen LogP contribution in [-0.2, 0) is 4.79 Å². The van der Waals surface area contributed by atoms with Gasteiger partial charge >= 0.3 is 5.97 Å². The molecule has 3 aromatic rings. The number of ether oxygens (including phenoxy) is 2. The van der Waals surface area contributed by atoms with E-state index in [4.69, 9.17) is 9.47 Å². The predicted octanol–water partition coefficient (Wildman–Crippen LogP) is 4.43. The van der Waals surface area contributed by atoms with Crippen LogP contribution in [0.4, 0.5) is 5.69 Å². The van der Waals surface area contributed by atoms with Crippen LogP contribution in [0.25, 0.3) is 17.2 Å². The maximum Gasteiger partial charge on any atom is 0.337 e. The van der Waals surface area contributed by atoms with Crippen molar-refractivity contribution in [2.75, 3.05) is 12.1 Å². The first-order valence-electron chi connectivity index (χ1n) is 8.91. The summed E-state index contributed by atoms with van der Waals surface area (Å²) in [5.74, 6) is -0.250. The SMILES string of the molecule is O=C(C=Cc1ccccc1)Nc1cc(-c2ccc3c(c2)OCO3)ccc1C(=O)O. The largest absolute Gasteiger partial charge is 0.478 e. The second-order valence-electron chi connectivity index (χ2n) is 6.37. The van der Waals surface area contributed by atoms with Crippen LogP contribution in [0.5, 0.6) is 11.5 Å². The van der Waals surface area contributed by atoms with Crippen LogP contribution in [-0.4, -0.2) is 23.8 Å². The number of benzene rings is 3. The van der Waals surface area contributed by atoms with Crippen LogP contribution in [0.2, 0.25) is 0 Å². The van der Waals surface area contributed by atoms with E-state index in [1.54, 1.807) is 24.3 Å². The lowest BCUT2D eigenvalue weighted by Gasteiger charge is -2.10. The second kappa shape index (κ2) is 7.90. The van der Waals surface area contributed by atoms with Crippen molar-refractivity contribution in [3.05, 3.63) is 83.9 Å². The predicted molar refractivity (Wildman–Crippen MR) is 109 cm³/mol. The molecule has 3 aromatic carbocycles. The molecule has 1 aliphatic rings. The van der Waals surface area contributed by atoms with E-state index < -0.39 is 11.9 Å². The van der Waals surface area contributed by atoms with Gasteiger partial charge in [-0.3, -0.25) is 4.79 Å². The number of carbonyl (C=O) groups is 2. The quantitative estimate of drug-likeness (QED) is 0.633. The van der Waals surface area contributed by atoms with Gasteiger partial charge in [-0.2, -0.15) is 0 Å². The molecule has 2 N–H and O–H groups in total. The van der Waals surface area contributed by atoms with Crippen molar-refractivity contribution in [1.82, 2.24) is 0 Å². The van der Waals surface area contributed by atoms with E-state index in [9.17, 15) is 14.7 Å². The van der Waals surface area contributed by atoms with Crippen LogP contribution in [0.3, 0.4) is 0 Å². The fourth-order valence-corrected chi connectivity index (χ4v) is 3.00. The zero-order valence-corrected chi connectivity index (χ0v) is 15.3. The summed E-state index contributed by atoms with van der Waals surface area (Å²) < 4.78 is 10.7. The van der Waals surface area contributed by atoms with E-state index in [-0.39, 0.29) is 18.0 Å². The fourth-order valence-electron chi connectivity index (χ4n) is 3.00. The summed E-state index contributed by atoms with van der Waals surface area (Å²) in [5.41, 5.74) is 2.67. The van der Waals surface area contributed by atoms with Gasteiger partial charge in [0, 0.05) is 6.08 Å². The third kappa shape index (κ3) is 4.11. The van der Waals surface area contributed by atoms with Crippen LogP contribution in [0.1, 0.15) is 15.9 Å². The molecule has 1 heterocycles. The van der Waals surface area contributed by atoms with Gasteiger partial charge in [0.25, 0.3) is 0 Å². The minimum atomic E-state index is -1.12. The summed E-state index contributed by atoms with van der Waals surface area (Å²) in [6, 6.07) is 19.6. The molecule has 0 fully saturated rings. The van der Waals surface area contributed by atoms with Crippen molar-refractivity contribution < 1.29 is 24.2 Å². The zero-order chi connectivity index (χ0) is 20.2. The third-order valence-corrected chi connectivity index (χ3v) is 4.44. The zero-order valence-electron chi connectivity index (χ0n) is 15.3. The second-order valence-corrected chi connectivity index (χ2v) is 6.37. The fraction of sp³-hybridized carbons (Fsp3) is 0.0435. The highest BCUT2D eigenvalue weighted by molar-refractivity contribution is 6.06. The van der Waals surface area contributed by atoms with Gasteiger partial charge in [0.1, 0.15) is 0 Å². The molecular weight excluding hydrogens is 370 g/mol. The van der Waals surface area contributed by atoms with E-state index in [1.165, 1.54) is 12.1 Å². The number of amides is 1. The molecule has 0 aliphatic carbocycles. The molecule has 4 rings (SSSR count). The molecule has 6 nitrogen and oxygen atoms in total. The highest BCUT2D eigenvalue weighted by Crippen LogP contribution is 2.36. The molecule has 0 saturated heterocycles. The lowest BCUT2D eigenvalue weighted by Crippen LogP contribution is -2.12. The highest BCUT2D eigenvalue weighted by atomic mass is 16.7. The minimum Gasteiger partial charge on any atom is -0.478 e. The molecule has 1 aliphatic heterocycles.